The van der Waals surface area contributed by atoms with Crippen LogP contribution in [0.25, 0.3) is 0 Å². The van der Waals surface area contributed by atoms with E-state index in [9.17, 15) is 9.59 Å². The van der Waals surface area contributed by atoms with Crippen molar-refractivity contribution in [2.24, 2.45) is 0 Å². The zero-order valence-corrected chi connectivity index (χ0v) is 11.6. The van der Waals surface area contributed by atoms with Crippen LogP contribution in [0.1, 0.15) is 22.6 Å². The predicted octanol–water partition coefficient (Wildman–Crippen LogP) is 1.31. The van der Waals surface area contributed by atoms with Crippen molar-refractivity contribution in [2.75, 3.05) is 12.0 Å². The number of H-pyrrole nitrogens is 1. The number of aromatic nitrogens is 2. The topological polar surface area (TPSA) is 95.1 Å². The standard InChI is InChI=1S/C10H14ClN3O3S/c1-5-7(11)8(14-13-5)9(15)12-6(10(16)17)3-4-18-2/h6H,3-4H2,1-2H3,(H,12,15)(H,13,14)(H,16,17)/t6-/m0/s1. The Labute approximate surface area is 113 Å². The first-order chi connectivity index (χ1) is 8.47. The van der Waals surface area contributed by atoms with Crippen molar-refractivity contribution in [1.29, 1.82) is 0 Å². The molecule has 1 amide bonds. The fourth-order valence-electron chi connectivity index (χ4n) is 1.29. The molecule has 0 aliphatic heterocycles. The average Bonchev–Trinajstić information content (AvgIpc) is 2.65. The van der Waals surface area contributed by atoms with Gasteiger partial charge in [0.1, 0.15) is 6.04 Å². The summed E-state index contributed by atoms with van der Waals surface area (Å²) in [5.41, 5.74) is 0.586. The first kappa shape index (κ1) is 14.8. The van der Waals surface area contributed by atoms with Gasteiger partial charge in [-0.05, 0) is 25.4 Å². The Morgan fingerprint density at radius 1 is 1.61 bits per heavy atom. The molecule has 18 heavy (non-hydrogen) atoms. The highest BCUT2D eigenvalue weighted by Gasteiger charge is 2.23. The van der Waals surface area contributed by atoms with Gasteiger partial charge in [0.15, 0.2) is 5.69 Å². The molecule has 0 unspecified atom stereocenters. The summed E-state index contributed by atoms with van der Waals surface area (Å²) in [4.78, 5) is 22.8. The highest BCUT2D eigenvalue weighted by Crippen LogP contribution is 2.17. The van der Waals surface area contributed by atoms with Gasteiger partial charge in [0.2, 0.25) is 0 Å². The molecule has 100 valence electrons. The number of aryl methyl sites for hydroxylation is 1. The van der Waals surface area contributed by atoms with E-state index in [2.05, 4.69) is 15.5 Å². The number of hydrogen-bond acceptors (Lipinski definition) is 4. The maximum Gasteiger partial charge on any atom is 0.326 e. The van der Waals surface area contributed by atoms with E-state index in [0.29, 0.717) is 17.9 Å². The van der Waals surface area contributed by atoms with Gasteiger partial charge in [-0.25, -0.2) is 4.79 Å². The molecule has 1 atom stereocenters. The molecule has 0 aliphatic rings. The monoisotopic (exact) mass is 291 g/mol. The molecule has 3 N–H and O–H groups in total. The third-order valence-corrected chi connectivity index (χ3v) is 3.41. The molecule has 1 heterocycles. The van der Waals surface area contributed by atoms with Crippen molar-refractivity contribution < 1.29 is 14.7 Å². The van der Waals surface area contributed by atoms with E-state index < -0.39 is 17.9 Å². The number of aromatic amines is 1. The van der Waals surface area contributed by atoms with E-state index in [-0.39, 0.29) is 10.7 Å². The number of aliphatic carboxylic acids is 1. The number of nitrogens with zero attached hydrogens (tertiary/aromatic N) is 1. The number of rotatable bonds is 6. The van der Waals surface area contributed by atoms with Crippen LogP contribution in [0.15, 0.2) is 0 Å². The SMILES string of the molecule is CSCC[C@H](NC(=O)c1n[nH]c(C)c1Cl)C(=O)O. The summed E-state index contributed by atoms with van der Waals surface area (Å²) < 4.78 is 0. The second-order valence-electron chi connectivity index (χ2n) is 3.66. The van der Waals surface area contributed by atoms with E-state index in [1.165, 1.54) is 11.8 Å². The molecule has 6 nitrogen and oxygen atoms in total. The van der Waals surface area contributed by atoms with Gasteiger partial charge in [-0.15, -0.1) is 0 Å². The van der Waals surface area contributed by atoms with E-state index in [0.717, 1.165) is 0 Å². The summed E-state index contributed by atoms with van der Waals surface area (Å²) in [6.45, 7) is 1.68. The van der Waals surface area contributed by atoms with Crippen LogP contribution in [-0.4, -0.2) is 45.2 Å². The Bertz CT molecular complexity index is 450. The van der Waals surface area contributed by atoms with Gasteiger partial charge in [0, 0.05) is 0 Å². The van der Waals surface area contributed by atoms with E-state index in [4.69, 9.17) is 16.7 Å². The van der Waals surface area contributed by atoms with Gasteiger partial charge in [0.25, 0.3) is 5.91 Å². The summed E-state index contributed by atoms with van der Waals surface area (Å²) in [7, 11) is 0. The highest BCUT2D eigenvalue weighted by atomic mass is 35.5. The maximum absolute atomic E-state index is 11.8. The van der Waals surface area contributed by atoms with Crippen LogP contribution in [0.2, 0.25) is 5.02 Å². The lowest BCUT2D eigenvalue weighted by molar-refractivity contribution is -0.139. The fraction of sp³-hybridized carbons (Fsp3) is 0.500. The van der Waals surface area contributed by atoms with Crippen molar-refractivity contribution in [3.05, 3.63) is 16.4 Å². The van der Waals surface area contributed by atoms with Crippen molar-refractivity contribution in [1.82, 2.24) is 15.5 Å². The van der Waals surface area contributed by atoms with Crippen molar-refractivity contribution in [3.63, 3.8) is 0 Å². The van der Waals surface area contributed by atoms with Crippen LogP contribution >= 0.6 is 23.4 Å². The molecule has 8 heteroatoms. The maximum atomic E-state index is 11.8. The molecule has 1 aromatic rings. The van der Waals surface area contributed by atoms with Crippen LogP contribution < -0.4 is 5.32 Å². The molecular weight excluding hydrogens is 278 g/mol. The number of halogens is 1. The number of hydrogen-bond donors (Lipinski definition) is 3. The van der Waals surface area contributed by atoms with Gasteiger partial charge in [-0.3, -0.25) is 9.89 Å². The van der Waals surface area contributed by atoms with Gasteiger partial charge >= 0.3 is 5.97 Å². The Balaban J connectivity index is 2.72. The second kappa shape index (κ2) is 6.65. The van der Waals surface area contributed by atoms with Crippen LogP contribution in [0.3, 0.4) is 0 Å². The second-order valence-corrected chi connectivity index (χ2v) is 5.02. The number of amides is 1. The Kier molecular flexibility index (Phi) is 5.49. The molecule has 0 aliphatic carbocycles. The lowest BCUT2D eigenvalue weighted by atomic mass is 10.2. The zero-order valence-electron chi connectivity index (χ0n) is 9.99. The Morgan fingerprint density at radius 3 is 2.72 bits per heavy atom. The van der Waals surface area contributed by atoms with Gasteiger partial charge in [-0.1, -0.05) is 11.6 Å². The first-order valence-electron chi connectivity index (χ1n) is 5.20. The van der Waals surface area contributed by atoms with Crippen LogP contribution in [0, 0.1) is 6.92 Å². The molecule has 0 fully saturated rings. The minimum Gasteiger partial charge on any atom is -0.480 e. The van der Waals surface area contributed by atoms with Gasteiger partial charge < -0.3 is 10.4 Å². The van der Waals surface area contributed by atoms with E-state index in [1.807, 2.05) is 6.26 Å². The van der Waals surface area contributed by atoms with Crippen LogP contribution in [0.4, 0.5) is 0 Å². The van der Waals surface area contributed by atoms with Crippen molar-refractivity contribution in [2.45, 2.75) is 19.4 Å². The summed E-state index contributed by atoms with van der Waals surface area (Å²) in [5, 5.41) is 17.9. The smallest absolute Gasteiger partial charge is 0.326 e. The molecule has 0 saturated heterocycles. The lowest BCUT2D eigenvalue weighted by Gasteiger charge is -2.12. The van der Waals surface area contributed by atoms with Gasteiger partial charge in [0.05, 0.1) is 10.7 Å². The quantitative estimate of drug-likeness (QED) is 0.734. The molecule has 0 spiro atoms. The third kappa shape index (κ3) is 3.64. The number of carboxylic acids is 1. The summed E-state index contributed by atoms with van der Waals surface area (Å²) >= 11 is 7.38. The summed E-state index contributed by atoms with van der Waals surface area (Å²) in [6, 6.07) is -0.932. The molecule has 1 aromatic heterocycles. The number of nitrogens with one attached hydrogen (secondary N) is 2. The molecule has 0 saturated carbocycles. The largest absolute Gasteiger partial charge is 0.480 e. The number of carbonyl (C=O) groups is 2. The minimum absolute atomic E-state index is 0.0181. The Hall–Kier alpha value is -1.21. The molecular formula is C10H14ClN3O3S. The predicted molar refractivity (Wildman–Crippen MR) is 70.2 cm³/mol. The fourth-order valence-corrected chi connectivity index (χ4v) is 1.93. The summed E-state index contributed by atoms with van der Waals surface area (Å²) in [5.74, 6) is -1.01. The van der Waals surface area contributed by atoms with Gasteiger partial charge in [-0.2, -0.15) is 16.9 Å². The first-order valence-corrected chi connectivity index (χ1v) is 6.97. The van der Waals surface area contributed by atoms with E-state index >= 15 is 0 Å². The van der Waals surface area contributed by atoms with Crippen molar-refractivity contribution in [3.8, 4) is 0 Å². The third-order valence-electron chi connectivity index (χ3n) is 2.30. The van der Waals surface area contributed by atoms with Crippen molar-refractivity contribution >= 4 is 35.2 Å². The number of thioether (sulfide) groups is 1. The average molecular weight is 292 g/mol. The molecule has 0 aromatic carbocycles. The zero-order chi connectivity index (χ0) is 13.7. The number of carbonyl (C=O) groups excluding carboxylic acids is 1. The Morgan fingerprint density at radius 2 is 2.28 bits per heavy atom. The van der Waals surface area contributed by atoms with Crippen LogP contribution in [0.5, 0.6) is 0 Å². The normalized spacial score (nSPS) is 12.2. The molecule has 1 rings (SSSR count). The minimum atomic E-state index is -1.07. The summed E-state index contributed by atoms with van der Waals surface area (Å²) in [6.07, 6.45) is 2.22. The molecule has 0 radical (unpaired) electrons. The molecule has 0 bridgehead atoms. The highest BCUT2D eigenvalue weighted by molar-refractivity contribution is 7.98. The number of carboxylic acid groups (broad SMARTS) is 1. The lowest BCUT2D eigenvalue weighted by Crippen LogP contribution is -2.41. The van der Waals surface area contributed by atoms with E-state index in [1.54, 1.807) is 6.92 Å². The van der Waals surface area contributed by atoms with Crippen LogP contribution in [-0.2, 0) is 4.79 Å².